The summed E-state index contributed by atoms with van der Waals surface area (Å²) in [5, 5.41) is 3.43. The molecule has 0 radical (unpaired) electrons. The van der Waals surface area contributed by atoms with Crippen LogP contribution in [0.15, 0.2) is 74.9 Å². The molecule has 1 N–H and O–H groups in total. The molecule has 2 heterocycles. The minimum absolute atomic E-state index is 0.127. The molecular weight excluding hydrogens is 526 g/mol. The van der Waals surface area contributed by atoms with E-state index < -0.39 is 38.8 Å². The van der Waals surface area contributed by atoms with Crippen molar-refractivity contribution in [1.29, 1.82) is 0 Å². The number of fused-ring (bicyclic) bond motifs is 1. The zero-order valence-electron chi connectivity index (χ0n) is 20.1. The van der Waals surface area contributed by atoms with E-state index in [4.69, 9.17) is 0 Å². The van der Waals surface area contributed by atoms with Crippen molar-refractivity contribution in [2.45, 2.75) is 31.3 Å². The summed E-state index contributed by atoms with van der Waals surface area (Å²) >= 11 is 0. The van der Waals surface area contributed by atoms with Gasteiger partial charge >= 0.3 is 11.9 Å². The molecule has 38 heavy (non-hydrogen) atoms. The van der Waals surface area contributed by atoms with Crippen molar-refractivity contribution in [2.75, 3.05) is 10.8 Å². The van der Waals surface area contributed by atoms with Gasteiger partial charge in [0, 0.05) is 6.54 Å². The van der Waals surface area contributed by atoms with Gasteiger partial charge in [-0.15, -0.1) is 0 Å². The summed E-state index contributed by atoms with van der Waals surface area (Å²) in [5.74, 6) is -1.96. The number of halogens is 4. The van der Waals surface area contributed by atoms with Crippen molar-refractivity contribution in [1.82, 2.24) is 10.1 Å². The molecule has 1 aromatic heterocycles. The van der Waals surface area contributed by atoms with Crippen LogP contribution in [0.2, 0.25) is 0 Å². The lowest BCUT2D eigenvalue weighted by Gasteiger charge is -2.40. The van der Waals surface area contributed by atoms with Gasteiger partial charge in [-0.25, -0.2) is 17.6 Å². The Morgan fingerprint density at radius 2 is 1.68 bits per heavy atom. The van der Waals surface area contributed by atoms with Crippen molar-refractivity contribution >= 4 is 15.7 Å². The Labute approximate surface area is 214 Å². The second-order valence-corrected chi connectivity index (χ2v) is 11.7. The Balaban J connectivity index is 1.53. The Morgan fingerprint density at radius 3 is 2.29 bits per heavy atom. The topological polar surface area (TPSA) is 96.3 Å². The number of hydrogen-bond acceptors (Lipinski definition) is 5. The quantitative estimate of drug-likeness (QED) is 0.334. The Bertz CT molecular complexity index is 1690. The number of aromatic nitrogens is 2. The van der Waals surface area contributed by atoms with Crippen LogP contribution in [-0.4, -0.2) is 25.1 Å². The number of nitrogens with zero attached hydrogens (tertiary/aromatic N) is 2. The number of benzene rings is 3. The molecular formula is C26H21F4N3O4S. The number of aromatic amines is 1. The number of alkyl halides is 3. The van der Waals surface area contributed by atoms with Crippen LogP contribution in [0.5, 0.6) is 0 Å². The molecule has 4 aromatic rings. The van der Waals surface area contributed by atoms with Gasteiger partial charge < -0.3 is 0 Å². The van der Waals surface area contributed by atoms with Crippen molar-refractivity contribution < 1.29 is 30.5 Å². The van der Waals surface area contributed by atoms with E-state index in [1.54, 1.807) is 18.2 Å². The molecule has 0 spiro atoms. The molecule has 5 rings (SSSR count). The number of nitrogens with one attached hydrogen (secondary N) is 1. The molecule has 7 nitrogen and oxygen atoms in total. The first-order chi connectivity index (χ1) is 17.7. The highest BCUT2D eigenvalue weighted by atomic mass is 32.2. The SMILES string of the molecule is CC1(C)Cc2cc(-c3ccc(C(F)(F)F)cc3)ccc2N(S(=O)(=O)c2ccc(-c3noc(=O)[nH]3)c(F)c2)C1. The number of H-pyrrole nitrogens is 1. The minimum Gasteiger partial charge on any atom is -0.296 e. The Morgan fingerprint density at radius 1 is 1.00 bits per heavy atom. The molecule has 0 amide bonds. The third-order valence-corrected chi connectivity index (χ3v) is 8.11. The lowest BCUT2D eigenvalue weighted by molar-refractivity contribution is -0.137. The van der Waals surface area contributed by atoms with E-state index in [2.05, 4.69) is 14.7 Å². The first-order valence-corrected chi connectivity index (χ1v) is 12.9. The summed E-state index contributed by atoms with van der Waals surface area (Å²) in [4.78, 5) is 13.1. The van der Waals surface area contributed by atoms with Crippen molar-refractivity contribution in [3.8, 4) is 22.5 Å². The number of anilines is 1. The fourth-order valence-corrected chi connectivity index (χ4v) is 6.29. The third-order valence-electron chi connectivity index (χ3n) is 6.36. The van der Waals surface area contributed by atoms with Gasteiger partial charge in [-0.2, -0.15) is 13.2 Å². The second-order valence-electron chi connectivity index (χ2n) is 9.86. The monoisotopic (exact) mass is 547 g/mol. The zero-order valence-corrected chi connectivity index (χ0v) is 21.0. The number of sulfonamides is 1. The highest BCUT2D eigenvalue weighted by Gasteiger charge is 2.38. The molecule has 1 aliphatic heterocycles. The molecule has 0 saturated heterocycles. The maximum Gasteiger partial charge on any atom is 0.439 e. The number of rotatable bonds is 4. The molecule has 0 bridgehead atoms. The zero-order chi connectivity index (χ0) is 27.5. The smallest absolute Gasteiger partial charge is 0.296 e. The predicted octanol–water partition coefficient (Wildman–Crippen LogP) is 5.63. The standard InChI is InChI=1S/C26H21F4N3O4S/c1-25(2)13-17-11-16(15-3-6-18(7-4-15)26(28,29)30)5-10-22(17)33(14-25)38(35,36)19-8-9-20(21(27)12-19)23-31-24(34)37-32-23/h3-12H,13-14H2,1-2H3,(H,31,32,34). The van der Waals surface area contributed by atoms with Gasteiger partial charge in [0.15, 0.2) is 5.82 Å². The van der Waals surface area contributed by atoms with Crippen molar-refractivity contribution in [3.05, 3.63) is 88.2 Å². The van der Waals surface area contributed by atoms with Gasteiger partial charge in [0.1, 0.15) is 5.82 Å². The maximum atomic E-state index is 14.9. The largest absolute Gasteiger partial charge is 0.439 e. The van der Waals surface area contributed by atoms with Crippen molar-refractivity contribution in [3.63, 3.8) is 0 Å². The molecule has 3 aromatic carbocycles. The molecule has 0 fully saturated rings. The third kappa shape index (κ3) is 4.71. The summed E-state index contributed by atoms with van der Waals surface area (Å²) < 4.78 is 86.7. The normalized spacial score (nSPS) is 15.4. The highest BCUT2D eigenvalue weighted by molar-refractivity contribution is 7.92. The van der Waals surface area contributed by atoms with E-state index in [1.165, 1.54) is 28.6 Å². The summed E-state index contributed by atoms with van der Waals surface area (Å²) in [6.45, 7) is 3.92. The van der Waals surface area contributed by atoms with Crippen LogP contribution in [0.1, 0.15) is 25.0 Å². The lowest BCUT2D eigenvalue weighted by atomic mass is 9.81. The van der Waals surface area contributed by atoms with Crippen LogP contribution >= 0.6 is 0 Å². The Kier molecular flexibility index (Phi) is 5.97. The van der Waals surface area contributed by atoms with Gasteiger partial charge in [0.25, 0.3) is 10.0 Å². The highest BCUT2D eigenvalue weighted by Crippen LogP contribution is 2.41. The van der Waals surface area contributed by atoms with Crippen LogP contribution in [0, 0.1) is 11.2 Å². The fourth-order valence-electron chi connectivity index (χ4n) is 4.58. The molecule has 0 saturated carbocycles. The van der Waals surface area contributed by atoms with E-state index in [9.17, 15) is 30.8 Å². The molecule has 0 unspecified atom stereocenters. The van der Waals surface area contributed by atoms with E-state index in [-0.39, 0.29) is 22.8 Å². The van der Waals surface area contributed by atoms with E-state index in [1.807, 2.05) is 13.8 Å². The van der Waals surface area contributed by atoms with Crippen LogP contribution in [0.3, 0.4) is 0 Å². The minimum atomic E-state index is -4.45. The van der Waals surface area contributed by atoms with Crippen LogP contribution in [-0.2, 0) is 22.6 Å². The molecule has 0 aliphatic carbocycles. The van der Waals surface area contributed by atoms with Gasteiger partial charge in [0.2, 0.25) is 0 Å². The second kappa shape index (κ2) is 8.83. The van der Waals surface area contributed by atoms with Crippen molar-refractivity contribution in [2.24, 2.45) is 5.41 Å². The predicted molar refractivity (Wildman–Crippen MR) is 131 cm³/mol. The fraction of sp³-hybridized carbons (Fsp3) is 0.231. The molecule has 0 atom stereocenters. The van der Waals surface area contributed by atoms with Crippen LogP contribution in [0.25, 0.3) is 22.5 Å². The van der Waals surface area contributed by atoms with Gasteiger partial charge in [-0.1, -0.05) is 37.2 Å². The summed E-state index contributed by atoms with van der Waals surface area (Å²) in [6.07, 6.45) is -3.92. The molecule has 198 valence electrons. The summed E-state index contributed by atoms with van der Waals surface area (Å²) in [5.41, 5.74) is 0.926. The lowest BCUT2D eigenvalue weighted by Crippen LogP contribution is -2.44. The first kappa shape index (κ1) is 25.7. The molecule has 12 heteroatoms. The van der Waals surface area contributed by atoms with E-state index in [0.717, 1.165) is 18.2 Å². The first-order valence-electron chi connectivity index (χ1n) is 11.4. The Hall–Kier alpha value is -3.93. The van der Waals surface area contributed by atoms with Crippen LogP contribution < -0.4 is 10.1 Å². The van der Waals surface area contributed by atoms with Gasteiger partial charge in [0.05, 0.1) is 21.7 Å². The van der Waals surface area contributed by atoms with E-state index in [0.29, 0.717) is 28.8 Å². The van der Waals surface area contributed by atoms with Crippen LogP contribution in [0.4, 0.5) is 23.2 Å². The van der Waals surface area contributed by atoms with E-state index >= 15 is 0 Å². The number of hydrogen-bond donors (Lipinski definition) is 1. The average Bonchev–Trinajstić information content (AvgIpc) is 3.27. The average molecular weight is 548 g/mol. The summed E-state index contributed by atoms with van der Waals surface area (Å²) in [7, 11) is -4.21. The molecule has 1 aliphatic rings. The summed E-state index contributed by atoms with van der Waals surface area (Å²) in [6, 6.07) is 13.1. The van der Waals surface area contributed by atoms with Gasteiger partial charge in [-0.3, -0.25) is 13.8 Å². The maximum absolute atomic E-state index is 14.9. The van der Waals surface area contributed by atoms with Gasteiger partial charge in [-0.05, 0) is 71.0 Å².